The van der Waals surface area contributed by atoms with Crippen molar-refractivity contribution in [1.29, 1.82) is 0 Å². The number of aliphatic carboxylic acids is 2. The van der Waals surface area contributed by atoms with Crippen molar-refractivity contribution >= 4 is 23.3 Å². The van der Waals surface area contributed by atoms with Crippen molar-refractivity contribution in [2.24, 2.45) is 23.7 Å². The summed E-state index contributed by atoms with van der Waals surface area (Å²) in [6, 6.07) is 15.8. The molecule has 2 fully saturated rings. The molecule has 2 aliphatic rings. The average molecular weight is 452 g/mol. The van der Waals surface area contributed by atoms with Crippen LogP contribution in [0.2, 0.25) is 0 Å². The lowest BCUT2D eigenvalue weighted by atomic mass is 9.86. The van der Waals surface area contributed by atoms with Crippen molar-refractivity contribution in [3.8, 4) is 0 Å². The van der Waals surface area contributed by atoms with Crippen molar-refractivity contribution in [2.75, 3.05) is 31.5 Å². The SMILES string of the molecule is O=C(O)C(Cc1cccc(Nc2cccc(CC(C(=O)O)[C@H]3CCNC3)c2)c1)[C@H]1CCNC1. The van der Waals surface area contributed by atoms with E-state index in [1.165, 1.54) is 0 Å². The molecule has 4 atom stereocenters. The van der Waals surface area contributed by atoms with Crippen LogP contribution in [0.25, 0.3) is 0 Å². The molecule has 0 aliphatic carbocycles. The molecule has 2 aromatic carbocycles. The Bertz CT molecular complexity index is 890. The van der Waals surface area contributed by atoms with Gasteiger partial charge in [0, 0.05) is 11.4 Å². The number of rotatable bonds is 10. The molecule has 2 saturated heterocycles. The number of carboxylic acid groups (broad SMARTS) is 2. The van der Waals surface area contributed by atoms with Gasteiger partial charge in [0.05, 0.1) is 11.8 Å². The molecular weight excluding hydrogens is 418 g/mol. The third-order valence-electron chi connectivity index (χ3n) is 7.02. The first kappa shape index (κ1) is 23.3. The highest BCUT2D eigenvalue weighted by Gasteiger charge is 2.31. The van der Waals surface area contributed by atoms with Gasteiger partial charge in [0.2, 0.25) is 0 Å². The molecule has 7 nitrogen and oxygen atoms in total. The second-order valence-electron chi connectivity index (χ2n) is 9.33. The first-order chi connectivity index (χ1) is 16.0. The molecule has 2 aliphatic heterocycles. The summed E-state index contributed by atoms with van der Waals surface area (Å²) >= 11 is 0. The zero-order valence-corrected chi connectivity index (χ0v) is 18.8. The van der Waals surface area contributed by atoms with E-state index in [-0.39, 0.29) is 11.8 Å². The fourth-order valence-corrected chi connectivity index (χ4v) is 5.18. The van der Waals surface area contributed by atoms with Crippen molar-refractivity contribution in [3.05, 3.63) is 59.7 Å². The molecule has 0 spiro atoms. The van der Waals surface area contributed by atoms with Crippen LogP contribution in [-0.4, -0.2) is 48.3 Å². The minimum Gasteiger partial charge on any atom is -0.481 e. The maximum absolute atomic E-state index is 11.8. The maximum Gasteiger partial charge on any atom is 0.307 e. The maximum atomic E-state index is 11.8. The molecule has 2 heterocycles. The fourth-order valence-electron chi connectivity index (χ4n) is 5.18. The van der Waals surface area contributed by atoms with Gasteiger partial charge in [-0.3, -0.25) is 9.59 Å². The van der Waals surface area contributed by atoms with E-state index in [1.54, 1.807) is 0 Å². The molecule has 0 saturated carbocycles. The first-order valence-electron chi connectivity index (χ1n) is 11.8. The van der Waals surface area contributed by atoms with Crippen molar-refractivity contribution < 1.29 is 19.8 Å². The average Bonchev–Trinajstić information content (AvgIpc) is 3.50. The largest absolute Gasteiger partial charge is 0.481 e. The van der Waals surface area contributed by atoms with Gasteiger partial charge in [0.25, 0.3) is 0 Å². The van der Waals surface area contributed by atoms with E-state index in [4.69, 9.17) is 0 Å². The Kier molecular flexibility index (Phi) is 7.62. The second-order valence-corrected chi connectivity index (χ2v) is 9.33. The molecule has 0 bridgehead atoms. The Balaban J connectivity index is 1.43. The standard InChI is InChI=1S/C26H33N3O4/c30-25(31)23(19-7-9-27-15-19)13-17-3-1-5-21(11-17)29-22-6-2-4-18(12-22)14-24(26(32)33)20-8-10-28-16-20/h1-6,11-12,19-20,23-24,27-29H,7-10,13-16H2,(H,30,31)(H,32,33)/t19-,20-,23?,24?/m0/s1. The summed E-state index contributed by atoms with van der Waals surface area (Å²) in [4.78, 5) is 23.7. The Morgan fingerprint density at radius 1 is 0.818 bits per heavy atom. The number of carbonyl (C=O) groups is 2. The van der Waals surface area contributed by atoms with Gasteiger partial charge in [-0.25, -0.2) is 0 Å². The lowest BCUT2D eigenvalue weighted by Gasteiger charge is -2.20. The van der Waals surface area contributed by atoms with E-state index in [0.717, 1.165) is 61.5 Å². The first-order valence-corrected chi connectivity index (χ1v) is 11.8. The zero-order chi connectivity index (χ0) is 23.2. The monoisotopic (exact) mass is 451 g/mol. The zero-order valence-electron chi connectivity index (χ0n) is 18.8. The number of benzene rings is 2. The van der Waals surface area contributed by atoms with E-state index < -0.39 is 23.8 Å². The van der Waals surface area contributed by atoms with Gasteiger partial charge in [-0.1, -0.05) is 24.3 Å². The molecule has 0 radical (unpaired) electrons. The molecule has 0 amide bonds. The van der Waals surface area contributed by atoms with Crippen LogP contribution in [0.4, 0.5) is 11.4 Å². The van der Waals surface area contributed by atoms with E-state index in [0.29, 0.717) is 12.8 Å². The molecule has 2 aromatic rings. The summed E-state index contributed by atoms with van der Waals surface area (Å²) in [5, 5.41) is 29.4. The van der Waals surface area contributed by atoms with Gasteiger partial charge >= 0.3 is 11.9 Å². The highest BCUT2D eigenvalue weighted by molar-refractivity contribution is 5.72. The topological polar surface area (TPSA) is 111 Å². The Hall–Kier alpha value is -2.90. The summed E-state index contributed by atoms with van der Waals surface area (Å²) in [5.74, 6) is -1.94. The molecule has 0 aromatic heterocycles. The van der Waals surface area contributed by atoms with Gasteiger partial charge < -0.3 is 26.2 Å². The van der Waals surface area contributed by atoms with Crippen LogP contribution in [0.3, 0.4) is 0 Å². The number of carboxylic acids is 2. The summed E-state index contributed by atoms with van der Waals surface area (Å²) in [5.41, 5.74) is 3.78. The third kappa shape index (κ3) is 6.12. The van der Waals surface area contributed by atoms with Crippen LogP contribution >= 0.6 is 0 Å². The summed E-state index contributed by atoms with van der Waals surface area (Å²) in [6.45, 7) is 3.28. The van der Waals surface area contributed by atoms with Crippen LogP contribution < -0.4 is 16.0 Å². The quantitative estimate of drug-likeness (QED) is 0.377. The number of nitrogens with one attached hydrogen (secondary N) is 3. The number of anilines is 2. The Labute approximate surface area is 194 Å². The molecule has 176 valence electrons. The van der Waals surface area contributed by atoms with E-state index in [2.05, 4.69) is 16.0 Å². The Morgan fingerprint density at radius 3 is 1.64 bits per heavy atom. The lowest BCUT2D eigenvalue weighted by Crippen LogP contribution is -2.27. The van der Waals surface area contributed by atoms with Gasteiger partial charge in [-0.15, -0.1) is 0 Å². The van der Waals surface area contributed by atoms with Gasteiger partial charge in [-0.05, 0) is 99.1 Å². The molecular formula is C26H33N3O4. The van der Waals surface area contributed by atoms with Gasteiger partial charge in [0.1, 0.15) is 0 Å². The van der Waals surface area contributed by atoms with Crippen LogP contribution in [-0.2, 0) is 22.4 Å². The molecule has 4 rings (SSSR count). The fraction of sp³-hybridized carbons (Fsp3) is 0.462. The third-order valence-corrected chi connectivity index (χ3v) is 7.02. The predicted molar refractivity (Wildman–Crippen MR) is 128 cm³/mol. The van der Waals surface area contributed by atoms with E-state index >= 15 is 0 Å². The van der Waals surface area contributed by atoms with Crippen LogP contribution in [0, 0.1) is 23.7 Å². The van der Waals surface area contributed by atoms with Crippen molar-refractivity contribution in [2.45, 2.75) is 25.7 Å². The van der Waals surface area contributed by atoms with E-state index in [1.807, 2.05) is 48.5 Å². The number of hydrogen-bond acceptors (Lipinski definition) is 5. The lowest BCUT2D eigenvalue weighted by molar-refractivity contribution is -0.144. The van der Waals surface area contributed by atoms with Gasteiger partial charge in [0.15, 0.2) is 0 Å². The van der Waals surface area contributed by atoms with Crippen LogP contribution in [0.1, 0.15) is 24.0 Å². The predicted octanol–water partition coefficient (Wildman–Crippen LogP) is 3.14. The van der Waals surface area contributed by atoms with E-state index in [9.17, 15) is 19.8 Å². The number of hydrogen-bond donors (Lipinski definition) is 5. The summed E-state index contributed by atoms with van der Waals surface area (Å²) < 4.78 is 0. The molecule has 33 heavy (non-hydrogen) atoms. The minimum absolute atomic E-state index is 0.160. The summed E-state index contributed by atoms with van der Waals surface area (Å²) in [6.07, 6.45) is 2.81. The Morgan fingerprint density at radius 2 is 1.27 bits per heavy atom. The van der Waals surface area contributed by atoms with Crippen LogP contribution in [0.5, 0.6) is 0 Å². The van der Waals surface area contributed by atoms with Crippen molar-refractivity contribution in [1.82, 2.24) is 10.6 Å². The molecule has 2 unspecified atom stereocenters. The minimum atomic E-state index is -0.736. The highest BCUT2D eigenvalue weighted by Crippen LogP contribution is 2.27. The van der Waals surface area contributed by atoms with Gasteiger partial charge in [-0.2, -0.15) is 0 Å². The molecule has 5 N–H and O–H groups in total. The highest BCUT2D eigenvalue weighted by atomic mass is 16.4. The smallest absolute Gasteiger partial charge is 0.307 e. The second kappa shape index (κ2) is 10.8. The van der Waals surface area contributed by atoms with Crippen LogP contribution in [0.15, 0.2) is 48.5 Å². The summed E-state index contributed by atoms with van der Waals surface area (Å²) in [7, 11) is 0. The molecule has 7 heteroatoms. The normalized spacial score (nSPS) is 22.1. The van der Waals surface area contributed by atoms with Crippen molar-refractivity contribution in [3.63, 3.8) is 0 Å².